The summed E-state index contributed by atoms with van der Waals surface area (Å²) in [6.45, 7) is 5.32. The molecule has 0 aliphatic rings. The van der Waals surface area contributed by atoms with E-state index in [-0.39, 0.29) is 11.4 Å². The van der Waals surface area contributed by atoms with E-state index >= 15 is 0 Å². The molecule has 7 heteroatoms. The molecule has 2 rings (SSSR count). The number of hydrogen-bond acceptors (Lipinski definition) is 4. The van der Waals surface area contributed by atoms with Crippen LogP contribution in [0.2, 0.25) is 0 Å². The molecule has 1 aromatic carbocycles. The second kappa shape index (κ2) is 5.82. The summed E-state index contributed by atoms with van der Waals surface area (Å²) in [7, 11) is -3.76. The van der Waals surface area contributed by atoms with E-state index in [2.05, 4.69) is 20.7 Å². The second-order valence-electron chi connectivity index (χ2n) is 4.82. The van der Waals surface area contributed by atoms with Crippen LogP contribution in [-0.2, 0) is 16.6 Å². The lowest BCUT2D eigenvalue weighted by Gasteiger charge is -2.11. The van der Waals surface area contributed by atoms with E-state index in [0.717, 1.165) is 5.56 Å². The standard InChI is InChI=1S/C14H17BrN2O3S/c1-8-4-5-12(15)13(6-8)17-21(18,19)14-10(3)20-9(2)11(14)7-16/h4-6,17H,7,16H2,1-3H3. The van der Waals surface area contributed by atoms with Crippen LogP contribution in [0.5, 0.6) is 0 Å². The van der Waals surface area contributed by atoms with Crippen molar-refractivity contribution in [2.24, 2.45) is 5.73 Å². The van der Waals surface area contributed by atoms with Gasteiger partial charge in [-0.05, 0) is 54.4 Å². The van der Waals surface area contributed by atoms with Crippen molar-refractivity contribution in [2.45, 2.75) is 32.2 Å². The summed E-state index contributed by atoms with van der Waals surface area (Å²) >= 11 is 3.34. The van der Waals surface area contributed by atoms with Crippen LogP contribution in [0.25, 0.3) is 0 Å². The molecule has 0 atom stereocenters. The van der Waals surface area contributed by atoms with Crippen LogP contribution < -0.4 is 10.5 Å². The first-order valence-corrected chi connectivity index (χ1v) is 8.61. The van der Waals surface area contributed by atoms with Crippen LogP contribution in [0, 0.1) is 20.8 Å². The van der Waals surface area contributed by atoms with E-state index in [4.69, 9.17) is 10.2 Å². The summed E-state index contributed by atoms with van der Waals surface area (Å²) in [5.74, 6) is 0.864. The number of anilines is 1. The van der Waals surface area contributed by atoms with Gasteiger partial charge in [0.2, 0.25) is 0 Å². The van der Waals surface area contributed by atoms with Gasteiger partial charge in [-0.1, -0.05) is 6.07 Å². The molecule has 0 saturated heterocycles. The minimum absolute atomic E-state index is 0.106. The summed E-state index contributed by atoms with van der Waals surface area (Å²) in [6, 6.07) is 5.44. The normalized spacial score (nSPS) is 11.7. The molecule has 5 nitrogen and oxygen atoms in total. The van der Waals surface area contributed by atoms with Crippen molar-refractivity contribution in [1.82, 2.24) is 0 Å². The predicted octanol–water partition coefficient (Wildman–Crippen LogP) is 3.23. The lowest BCUT2D eigenvalue weighted by atomic mass is 10.2. The van der Waals surface area contributed by atoms with Gasteiger partial charge in [-0.3, -0.25) is 4.72 Å². The Hall–Kier alpha value is -1.31. The van der Waals surface area contributed by atoms with Gasteiger partial charge in [0.05, 0.1) is 5.69 Å². The molecule has 0 saturated carbocycles. The maximum atomic E-state index is 12.6. The highest BCUT2D eigenvalue weighted by molar-refractivity contribution is 9.10. The molecule has 3 N–H and O–H groups in total. The Morgan fingerprint density at radius 3 is 2.52 bits per heavy atom. The number of sulfonamides is 1. The maximum Gasteiger partial charge on any atom is 0.265 e. The minimum Gasteiger partial charge on any atom is -0.465 e. The van der Waals surface area contributed by atoms with Crippen molar-refractivity contribution in [1.29, 1.82) is 0 Å². The first-order chi connectivity index (χ1) is 9.76. The molecule has 0 amide bonds. The van der Waals surface area contributed by atoms with Gasteiger partial charge in [-0.25, -0.2) is 8.42 Å². The highest BCUT2D eigenvalue weighted by Crippen LogP contribution is 2.30. The highest BCUT2D eigenvalue weighted by Gasteiger charge is 2.26. The van der Waals surface area contributed by atoms with Crippen LogP contribution in [0.3, 0.4) is 0 Å². The number of aryl methyl sites for hydroxylation is 3. The Morgan fingerprint density at radius 1 is 1.24 bits per heavy atom. The zero-order valence-electron chi connectivity index (χ0n) is 12.0. The van der Waals surface area contributed by atoms with Gasteiger partial charge in [0.25, 0.3) is 10.0 Å². The summed E-state index contributed by atoms with van der Waals surface area (Å²) in [5, 5.41) is 0. The number of nitrogens with two attached hydrogens (primary N) is 1. The van der Waals surface area contributed by atoms with E-state index in [1.165, 1.54) is 0 Å². The Bertz CT molecular complexity index is 782. The van der Waals surface area contributed by atoms with Crippen LogP contribution in [-0.4, -0.2) is 8.42 Å². The molecule has 21 heavy (non-hydrogen) atoms. The molecule has 1 aromatic heterocycles. The van der Waals surface area contributed by atoms with Crippen LogP contribution in [0.15, 0.2) is 32.0 Å². The first kappa shape index (κ1) is 16.1. The number of rotatable bonds is 4. The molecule has 2 aromatic rings. The summed E-state index contributed by atoms with van der Waals surface area (Å²) in [6.07, 6.45) is 0. The average molecular weight is 373 g/mol. The lowest BCUT2D eigenvalue weighted by molar-refractivity contribution is 0.494. The van der Waals surface area contributed by atoms with E-state index in [1.54, 1.807) is 26.0 Å². The van der Waals surface area contributed by atoms with Crippen molar-refractivity contribution in [3.05, 3.63) is 45.3 Å². The monoisotopic (exact) mass is 372 g/mol. The third kappa shape index (κ3) is 3.14. The van der Waals surface area contributed by atoms with Gasteiger partial charge in [0, 0.05) is 16.6 Å². The van der Waals surface area contributed by atoms with E-state index in [0.29, 0.717) is 27.2 Å². The van der Waals surface area contributed by atoms with E-state index < -0.39 is 10.0 Å². The first-order valence-electron chi connectivity index (χ1n) is 6.34. The molecule has 0 unspecified atom stereocenters. The smallest absolute Gasteiger partial charge is 0.265 e. The second-order valence-corrected chi connectivity index (χ2v) is 7.29. The Balaban J connectivity index is 2.51. The third-order valence-electron chi connectivity index (χ3n) is 3.16. The molecule has 0 fully saturated rings. The molecule has 0 radical (unpaired) electrons. The summed E-state index contributed by atoms with van der Waals surface area (Å²) in [5.41, 5.74) is 7.59. The van der Waals surface area contributed by atoms with Crippen molar-refractivity contribution >= 4 is 31.6 Å². The number of halogens is 1. The largest absolute Gasteiger partial charge is 0.465 e. The van der Waals surface area contributed by atoms with Crippen molar-refractivity contribution in [2.75, 3.05) is 4.72 Å². The zero-order valence-corrected chi connectivity index (χ0v) is 14.4. The number of hydrogen-bond donors (Lipinski definition) is 2. The van der Waals surface area contributed by atoms with Gasteiger partial charge >= 0.3 is 0 Å². The minimum atomic E-state index is -3.76. The molecule has 1 heterocycles. The van der Waals surface area contributed by atoms with Gasteiger partial charge < -0.3 is 10.2 Å². The van der Waals surface area contributed by atoms with Gasteiger partial charge in [-0.15, -0.1) is 0 Å². The molecule has 0 bridgehead atoms. The quantitative estimate of drug-likeness (QED) is 0.862. The fourth-order valence-electron chi connectivity index (χ4n) is 2.21. The molecule has 0 aliphatic heterocycles. The maximum absolute atomic E-state index is 12.6. The lowest BCUT2D eigenvalue weighted by Crippen LogP contribution is -2.16. The third-order valence-corrected chi connectivity index (χ3v) is 5.42. The predicted molar refractivity (Wildman–Crippen MR) is 85.8 cm³/mol. The summed E-state index contributed by atoms with van der Waals surface area (Å²) < 4.78 is 33.9. The van der Waals surface area contributed by atoms with Crippen LogP contribution in [0.1, 0.15) is 22.6 Å². The van der Waals surface area contributed by atoms with E-state index in [1.807, 2.05) is 13.0 Å². The SMILES string of the molecule is Cc1ccc(Br)c(NS(=O)(=O)c2c(C)oc(C)c2CN)c1. The molecule has 0 spiro atoms. The zero-order chi connectivity index (χ0) is 15.8. The molecular formula is C14H17BrN2O3S. The fraction of sp³-hybridized carbons (Fsp3) is 0.286. The Kier molecular flexibility index (Phi) is 4.46. The Morgan fingerprint density at radius 2 is 1.90 bits per heavy atom. The van der Waals surface area contributed by atoms with Crippen molar-refractivity contribution < 1.29 is 12.8 Å². The topological polar surface area (TPSA) is 85.3 Å². The van der Waals surface area contributed by atoms with Crippen molar-refractivity contribution in [3.8, 4) is 0 Å². The number of furan rings is 1. The number of nitrogens with one attached hydrogen (secondary N) is 1. The molecular weight excluding hydrogens is 356 g/mol. The van der Waals surface area contributed by atoms with Gasteiger partial charge in [-0.2, -0.15) is 0 Å². The number of benzene rings is 1. The van der Waals surface area contributed by atoms with Gasteiger partial charge in [0.15, 0.2) is 0 Å². The summed E-state index contributed by atoms with van der Waals surface area (Å²) in [4.78, 5) is 0.121. The van der Waals surface area contributed by atoms with Crippen molar-refractivity contribution in [3.63, 3.8) is 0 Å². The van der Waals surface area contributed by atoms with Gasteiger partial charge in [0.1, 0.15) is 16.4 Å². The average Bonchev–Trinajstić information content (AvgIpc) is 2.68. The highest BCUT2D eigenvalue weighted by atomic mass is 79.9. The van der Waals surface area contributed by atoms with Crippen LogP contribution in [0.4, 0.5) is 5.69 Å². The molecule has 0 aliphatic carbocycles. The van der Waals surface area contributed by atoms with E-state index in [9.17, 15) is 8.42 Å². The molecule has 114 valence electrons. The Labute approximate surface area is 132 Å². The van der Waals surface area contributed by atoms with Crippen LogP contribution >= 0.6 is 15.9 Å². The fourth-order valence-corrected chi connectivity index (χ4v) is 4.22.